The maximum Gasteiger partial charge on any atom is 0.385 e. The Morgan fingerprint density at radius 2 is 1.42 bits per heavy atom. The van der Waals surface area contributed by atoms with Crippen molar-refractivity contribution in [2.75, 3.05) is 10.8 Å². The van der Waals surface area contributed by atoms with Crippen molar-refractivity contribution in [1.82, 2.24) is 0 Å². The summed E-state index contributed by atoms with van der Waals surface area (Å²) in [5.74, 6) is -0.743. The standard InChI is InChI=1S/C40H23ClN2O10S2/c1-2-7-40(55(47,48)49)43-31-21-35-29(27-9-4-6-11-33(27)51-35)19-37(31)53-39(43)17-24(23-12-14-25(41)15-13-23)16-38-42(22-54(44,45)46)30-20-34-28(18-36(30)52-38)26-8-3-5-10-32(26)50-34/h3-6,8-21H,1,22H2,(H-,44,45,46,47,48,49)/p+1. The topological polar surface area (TPSA) is 165 Å². The molecule has 272 valence electrons. The second-order valence-corrected chi connectivity index (χ2v) is 15.7. The van der Waals surface area contributed by atoms with Crippen LogP contribution in [0, 0.1) is 0 Å². The van der Waals surface area contributed by atoms with E-state index in [1.807, 2.05) is 42.5 Å². The van der Waals surface area contributed by atoms with Crippen molar-refractivity contribution < 1.29 is 48.5 Å². The molecule has 3 aromatic heterocycles. The second-order valence-electron chi connectivity index (χ2n) is 12.5. The first-order chi connectivity index (χ1) is 26.3. The van der Waals surface area contributed by atoms with Crippen LogP contribution in [0.2, 0.25) is 5.02 Å². The molecule has 1 aliphatic rings. The lowest BCUT2D eigenvalue weighted by molar-refractivity contribution is -0.553. The van der Waals surface area contributed by atoms with Gasteiger partial charge in [-0.3, -0.25) is 14.0 Å². The maximum absolute atomic E-state index is 12.9. The minimum atomic E-state index is -4.99. The number of allylic oxidation sites excluding steroid dienone is 2. The van der Waals surface area contributed by atoms with Gasteiger partial charge in [0, 0.05) is 44.4 Å². The highest BCUT2D eigenvalue weighted by molar-refractivity contribution is 7.94. The largest absolute Gasteiger partial charge is 0.456 e. The van der Waals surface area contributed by atoms with Gasteiger partial charge in [0.15, 0.2) is 11.6 Å². The molecule has 0 spiro atoms. The summed E-state index contributed by atoms with van der Waals surface area (Å²) in [5, 5.41) is 2.68. The van der Waals surface area contributed by atoms with Crippen molar-refractivity contribution in [2.45, 2.75) is 0 Å². The van der Waals surface area contributed by atoms with Crippen molar-refractivity contribution in [3.8, 4) is 5.75 Å². The van der Waals surface area contributed by atoms with Gasteiger partial charge in [0.25, 0.3) is 15.6 Å². The van der Waals surface area contributed by atoms with Crippen LogP contribution in [0.3, 0.4) is 0 Å². The van der Waals surface area contributed by atoms with Crippen molar-refractivity contribution in [3.63, 3.8) is 0 Å². The molecule has 0 saturated carbocycles. The van der Waals surface area contributed by atoms with Crippen LogP contribution in [0.25, 0.3) is 71.7 Å². The third-order valence-electron chi connectivity index (χ3n) is 9.03. The highest BCUT2D eigenvalue weighted by Crippen LogP contribution is 2.45. The summed E-state index contributed by atoms with van der Waals surface area (Å²) in [5.41, 5.74) is 8.27. The molecule has 0 fully saturated rings. The number of anilines is 1. The highest BCUT2D eigenvalue weighted by Gasteiger charge is 2.36. The number of furan rings is 2. The van der Waals surface area contributed by atoms with Crippen LogP contribution in [-0.2, 0) is 20.2 Å². The summed E-state index contributed by atoms with van der Waals surface area (Å²) in [6.07, 6.45) is 2.95. The van der Waals surface area contributed by atoms with E-state index in [-0.39, 0.29) is 28.6 Å². The third kappa shape index (κ3) is 6.10. The number of aromatic nitrogens is 1. The van der Waals surface area contributed by atoms with E-state index in [2.05, 4.69) is 18.0 Å². The van der Waals surface area contributed by atoms with Gasteiger partial charge in [-0.25, -0.2) is 0 Å². The molecular formula is C40H24ClN2O10S2+. The lowest BCUT2D eigenvalue weighted by Crippen LogP contribution is -2.37. The zero-order valence-corrected chi connectivity index (χ0v) is 30.4. The van der Waals surface area contributed by atoms with Gasteiger partial charge in [-0.15, -0.1) is 0 Å². The SMILES string of the molecule is C=C=C=C([n+]1c(C=C(C=C2Oc3cc4c(cc3N2CS(=O)(=O)O)oc2ccccc24)c2ccc(Cl)cc2)oc2cc3c(cc21)oc1ccccc13)S(=O)(=O)O. The number of hydrogen-bond donors (Lipinski definition) is 2. The molecule has 4 heterocycles. The molecular weight excluding hydrogens is 768 g/mol. The molecule has 0 atom stereocenters. The quantitative estimate of drug-likeness (QED) is 0.0900. The Bertz CT molecular complexity index is 3330. The van der Waals surface area contributed by atoms with E-state index < -0.39 is 31.1 Å². The van der Waals surface area contributed by atoms with Crippen LogP contribution >= 0.6 is 11.6 Å². The lowest BCUT2D eigenvalue weighted by atomic mass is 10.1. The van der Waals surface area contributed by atoms with Crippen molar-refractivity contribution in [3.05, 3.63) is 144 Å². The first-order valence-corrected chi connectivity index (χ1v) is 19.8. The zero-order valence-electron chi connectivity index (χ0n) is 28.1. The minimum absolute atomic E-state index is 0.0195. The Kier molecular flexibility index (Phi) is 7.90. The average molecular weight is 792 g/mol. The van der Waals surface area contributed by atoms with Gasteiger partial charge < -0.3 is 18.0 Å². The molecule has 0 unspecified atom stereocenters. The van der Waals surface area contributed by atoms with Gasteiger partial charge in [-0.2, -0.15) is 16.8 Å². The molecule has 12 nitrogen and oxygen atoms in total. The summed E-state index contributed by atoms with van der Waals surface area (Å²) in [4.78, 5) is 1.26. The summed E-state index contributed by atoms with van der Waals surface area (Å²) >= 11 is 6.25. The fraction of sp³-hybridized carbons (Fsp3) is 0.0250. The first-order valence-electron chi connectivity index (χ1n) is 16.3. The van der Waals surface area contributed by atoms with Gasteiger partial charge in [-0.05, 0) is 54.1 Å². The van der Waals surface area contributed by atoms with Gasteiger partial charge in [0.2, 0.25) is 11.5 Å². The molecule has 55 heavy (non-hydrogen) atoms. The van der Waals surface area contributed by atoms with Gasteiger partial charge in [-0.1, -0.05) is 70.4 Å². The number of hydrogen-bond acceptors (Lipinski definition) is 9. The molecule has 2 N–H and O–H groups in total. The van der Waals surface area contributed by atoms with Crippen LogP contribution in [-0.4, -0.2) is 31.8 Å². The third-order valence-corrected chi connectivity index (χ3v) is 10.6. The van der Waals surface area contributed by atoms with E-state index in [4.69, 9.17) is 29.6 Å². The van der Waals surface area contributed by atoms with Crippen LogP contribution < -0.4 is 14.2 Å². The number of halogens is 1. The van der Waals surface area contributed by atoms with E-state index in [0.717, 1.165) is 20.7 Å². The van der Waals surface area contributed by atoms with Gasteiger partial charge in [0.1, 0.15) is 22.3 Å². The van der Waals surface area contributed by atoms with E-state index in [1.165, 1.54) is 17.1 Å². The van der Waals surface area contributed by atoms with Crippen LogP contribution in [0.4, 0.5) is 5.69 Å². The molecule has 5 aromatic carbocycles. The van der Waals surface area contributed by atoms with Crippen molar-refractivity contribution in [2.24, 2.45) is 0 Å². The second kappa shape index (κ2) is 12.6. The van der Waals surface area contributed by atoms with Crippen LogP contribution in [0.1, 0.15) is 11.5 Å². The predicted molar refractivity (Wildman–Crippen MR) is 208 cm³/mol. The number of rotatable bonds is 7. The maximum atomic E-state index is 12.9. The minimum Gasteiger partial charge on any atom is -0.456 e. The Morgan fingerprint density at radius 3 is 2.05 bits per heavy atom. The average Bonchev–Trinajstić information content (AvgIpc) is 3.87. The molecule has 8 aromatic rings. The smallest absolute Gasteiger partial charge is 0.385 e. The fourth-order valence-electron chi connectivity index (χ4n) is 6.73. The molecule has 0 radical (unpaired) electrons. The molecule has 15 heteroatoms. The van der Waals surface area contributed by atoms with Crippen LogP contribution in [0.5, 0.6) is 5.75 Å². The molecule has 1 aliphatic heterocycles. The van der Waals surface area contributed by atoms with E-state index in [0.29, 0.717) is 49.6 Å². The molecule has 0 aliphatic carbocycles. The molecule has 9 rings (SSSR count). The Balaban J connectivity index is 1.30. The van der Waals surface area contributed by atoms with Crippen molar-refractivity contribution in [1.29, 1.82) is 0 Å². The number of fused-ring (bicyclic) bond motifs is 8. The number of benzene rings is 5. The molecule has 0 saturated heterocycles. The van der Waals surface area contributed by atoms with Gasteiger partial charge >= 0.3 is 21.0 Å². The van der Waals surface area contributed by atoms with E-state index >= 15 is 0 Å². The number of para-hydroxylation sites is 2. The molecule has 0 amide bonds. The monoisotopic (exact) mass is 791 g/mol. The summed E-state index contributed by atoms with van der Waals surface area (Å²) < 4.78 is 97.0. The summed E-state index contributed by atoms with van der Waals surface area (Å²) in [7, 11) is -9.61. The lowest BCUT2D eigenvalue weighted by Gasteiger charge is -2.17. The predicted octanol–water partition coefficient (Wildman–Crippen LogP) is 8.92. The van der Waals surface area contributed by atoms with Crippen molar-refractivity contribution >= 4 is 109 Å². The highest BCUT2D eigenvalue weighted by atomic mass is 35.5. The number of oxazole rings is 1. The Hall–Kier alpha value is -6.34. The Labute approximate surface area is 316 Å². The van der Waals surface area contributed by atoms with Gasteiger partial charge in [0.05, 0.1) is 17.8 Å². The van der Waals surface area contributed by atoms with E-state index in [9.17, 15) is 25.9 Å². The summed E-state index contributed by atoms with van der Waals surface area (Å²) in [6.45, 7) is 3.46. The Morgan fingerprint density at radius 1 is 0.782 bits per heavy atom. The first kappa shape index (κ1) is 34.4. The van der Waals surface area contributed by atoms with Crippen LogP contribution in [0.15, 0.2) is 140 Å². The molecule has 0 bridgehead atoms. The summed E-state index contributed by atoms with van der Waals surface area (Å²) in [6, 6.07) is 27.9. The normalized spacial score (nSPS) is 14.3. The fourth-order valence-corrected chi connectivity index (χ4v) is 8.07. The zero-order chi connectivity index (χ0) is 38.2. The number of ether oxygens (including phenoxy) is 1. The number of nitrogens with zero attached hydrogens (tertiary/aromatic N) is 2. The van der Waals surface area contributed by atoms with E-state index in [1.54, 1.807) is 54.6 Å².